The molecule has 0 amide bonds. The van der Waals surface area contributed by atoms with Gasteiger partial charge in [0.2, 0.25) is 0 Å². The van der Waals surface area contributed by atoms with Crippen molar-refractivity contribution in [1.29, 1.82) is 0 Å². The fraction of sp³-hybridized carbons (Fsp3) is 0.600. The second kappa shape index (κ2) is 6.92. The van der Waals surface area contributed by atoms with Crippen molar-refractivity contribution in [2.24, 2.45) is 5.92 Å². The van der Waals surface area contributed by atoms with Crippen LogP contribution >= 0.6 is 11.6 Å². The number of rotatable bonds is 8. The first-order valence-electron chi connectivity index (χ1n) is 7.18. The predicted octanol–water partition coefficient (Wildman–Crippen LogP) is 3.03. The molecule has 5 heteroatoms. The second-order valence-corrected chi connectivity index (χ2v) is 8.12. The van der Waals surface area contributed by atoms with E-state index in [1.165, 1.54) is 0 Å². The minimum absolute atomic E-state index is 0.0984. The Bertz CT molecular complexity index is 523. The van der Waals surface area contributed by atoms with Crippen LogP contribution in [0.15, 0.2) is 24.3 Å². The highest BCUT2D eigenvalue weighted by atomic mass is 35.5. The topological polar surface area (TPSA) is 46.2 Å². The highest BCUT2D eigenvalue weighted by Gasteiger charge is 2.33. The molecule has 112 valence electrons. The van der Waals surface area contributed by atoms with Crippen LogP contribution in [0.1, 0.15) is 31.7 Å². The molecule has 1 unspecified atom stereocenters. The zero-order chi connectivity index (χ0) is 14.6. The van der Waals surface area contributed by atoms with E-state index in [0.29, 0.717) is 10.9 Å². The molecular weight excluding hydrogens is 294 g/mol. The molecule has 1 aromatic carbocycles. The van der Waals surface area contributed by atoms with Gasteiger partial charge in [-0.05, 0) is 49.4 Å². The average molecular weight is 316 g/mol. The van der Waals surface area contributed by atoms with E-state index >= 15 is 0 Å². The third-order valence-corrected chi connectivity index (χ3v) is 5.47. The van der Waals surface area contributed by atoms with Crippen molar-refractivity contribution < 1.29 is 8.42 Å². The Morgan fingerprint density at radius 1 is 1.30 bits per heavy atom. The molecular formula is C15H22ClNO2S. The van der Waals surface area contributed by atoms with Gasteiger partial charge in [-0.1, -0.05) is 30.7 Å². The minimum atomic E-state index is -3.09. The van der Waals surface area contributed by atoms with Crippen LogP contribution in [0.3, 0.4) is 0 Å². The molecule has 1 N–H and O–H groups in total. The van der Waals surface area contributed by atoms with Gasteiger partial charge in [-0.25, -0.2) is 8.42 Å². The van der Waals surface area contributed by atoms with E-state index < -0.39 is 9.84 Å². The largest absolute Gasteiger partial charge is 0.313 e. The molecule has 1 fully saturated rings. The Kier molecular flexibility index (Phi) is 5.47. The monoisotopic (exact) mass is 315 g/mol. The Morgan fingerprint density at radius 3 is 2.50 bits per heavy atom. The zero-order valence-electron chi connectivity index (χ0n) is 11.8. The molecule has 0 saturated heterocycles. The summed E-state index contributed by atoms with van der Waals surface area (Å²) < 4.78 is 24.6. The van der Waals surface area contributed by atoms with Crippen molar-refractivity contribution >= 4 is 21.4 Å². The minimum Gasteiger partial charge on any atom is -0.313 e. The summed E-state index contributed by atoms with van der Waals surface area (Å²) in [6.45, 7) is 2.98. The maximum Gasteiger partial charge on any atom is 0.155 e. The molecule has 2 rings (SSSR count). The molecule has 3 nitrogen and oxygen atoms in total. The van der Waals surface area contributed by atoms with E-state index in [-0.39, 0.29) is 17.5 Å². The number of hydrogen-bond acceptors (Lipinski definition) is 3. The van der Waals surface area contributed by atoms with Gasteiger partial charge in [0.1, 0.15) is 0 Å². The SMILES string of the molecule is CCCNC(CS(=O)(=O)Cc1ccc(Cl)cc1)C1CC1. The Labute approximate surface area is 126 Å². The first-order valence-corrected chi connectivity index (χ1v) is 9.38. The Balaban J connectivity index is 1.96. The molecule has 0 spiro atoms. The Hall–Kier alpha value is -0.580. The molecule has 0 radical (unpaired) electrons. The first-order chi connectivity index (χ1) is 9.50. The molecule has 1 atom stereocenters. The standard InChI is InChI=1S/C15H22ClNO2S/c1-2-9-17-15(13-5-6-13)11-20(18,19)10-12-3-7-14(16)8-4-12/h3-4,7-8,13,15,17H,2,5-6,9-11H2,1H3. The maximum absolute atomic E-state index is 12.3. The summed E-state index contributed by atoms with van der Waals surface area (Å²) in [6.07, 6.45) is 3.33. The summed E-state index contributed by atoms with van der Waals surface area (Å²) in [6, 6.07) is 7.16. The zero-order valence-corrected chi connectivity index (χ0v) is 13.4. The summed E-state index contributed by atoms with van der Waals surface area (Å²) in [5.74, 6) is 0.878. The van der Waals surface area contributed by atoms with Crippen molar-refractivity contribution in [3.63, 3.8) is 0 Å². The van der Waals surface area contributed by atoms with Crippen molar-refractivity contribution in [1.82, 2.24) is 5.32 Å². The number of sulfone groups is 1. The van der Waals surface area contributed by atoms with Crippen molar-refractivity contribution in [2.45, 2.75) is 38.0 Å². The fourth-order valence-electron chi connectivity index (χ4n) is 2.36. The smallest absolute Gasteiger partial charge is 0.155 e. The van der Waals surface area contributed by atoms with Gasteiger partial charge in [0, 0.05) is 11.1 Å². The van der Waals surface area contributed by atoms with E-state index in [9.17, 15) is 8.42 Å². The summed E-state index contributed by atoms with van der Waals surface area (Å²) >= 11 is 5.81. The van der Waals surface area contributed by atoms with Crippen molar-refractivity contribution in [3.8, 4) is 0 Å². The number of benzene rings is 1. The molecule has 1 aliphatic carbocycles. The average Bonchev–Trinajstić information content (AvgIpc) is 3.21. The van der Waals surface area contributed by atoms with Crippen LogP contribution in [0, 0.1) is 5.92 Å². The number of halogens is 1. The quantitative estimate of drug-likeness (QED) is 0.802. The van der Waals surface area contributed by atoms with Crippen LogP contribution in [0.4, 0.5) is 0 Å². The molecule has 0 bridgehead atoms. The third kappa shape index (κ3) is 5.08. The lowest BCUT2D eigenvalue weighted by Gasteiger charge is -2.18. The van der Waals surface area contributed by atoms with Crippen molar-refractivity contribution in [2.75, 3.05) is 12.3 Å². The van der Waals surface area contributed by atoms with E-state index in [1.807, 2.05) is 0 Å². The summed E-state index contributed by atoms with van der Waals surface area (Å²) in [5.41, 5.74) is 0.805. The Morgan fingerprint density at radius 2 is 1.95 bits per heavy atom. The molecule has 1 saturated carbocycles. The highest BCUT2D eigenvalue weighted by molar-refractivity contribution is 7.90. The van der Waals surface area contributed by atoms with Crippen LogP contribution in [-0.2, 0) is 15.6 Å². The summed E-state index contributed by atoms with van der Waals surface area (Å²) in [4.78, 5) is 0. The van der Waals surface area contributed by atoms with Gasteiger partial charge in [0.25, 0.3) is 0 Å². The molecule has 0 heterocycles. The number of nitrogens with one attached hydrogen (secondary N) is 1. The van der Waals surface area contributed by atoms with Gasteiger partial charge in [0.15, 0.2) is 9.84 Å². The lowest BCUT2D eigenvalue weighted by molar-refractivity contribution is 0.489. The van der Waals surface area contributed by atoms with Gasteiger partial charge in [-0.2, -0.15) is 0 Å². The maximum atomic E-state index is 12.3. The highest BCUT2D eigenvalue weighted by Crippen LogP contribution is 2.33. The van der Waals surface area contributed by atoms with Gasteiger partial charge in [-0.3, -0.25) is 0 Å². The third-order valence-electron chi connectivity index (χ3n) is 3.58. The number of hydrogen-bond donors (Lipinski definition) is 1. The van der Waals surface area contributed by atoms with E-state index in [4.69, 9.17) is 11.6 Å². The molecule has 1 aromatic rings. The fourth-order valence-corrected chi connectivity index (χ4v) is 4.24. The van der Waals surface area contributed by atoms with Gasteiger partial charge in [-0.15, -0.1) is 0 Å². The van der Waals surface area contributed by atoms with Crippen LogP contribution in [0.25, 0.3) is 0 Å². The summed E-state index contributed by atoms with van der Waals surface area (Å²) in [5, 5.41) is 4.01. The predicted molar refractivity (Wildman–Crippen MR) is 83.7 cm³/mol. The summed E-state index contributed by atoms with van der Waals surface area (Å²) in [7, 11) is -3.09. The lowest BCUT2D eigenvalue weighted by Crippen LogP contribution is -2.38. The normalized spacial score (nSPS) is 17.1. The van der Waals surface area contributed by atoms with Gasteiger partial charge >= 0.3 is 0 Å². The second-order valence-electron chi connectivity index (χ2n) is 5.58. The van der Waals surface area contributed by atoms with Crippen LogP contribution in [0.5, 0.6) is 0 Å². The lowest BCUT2D eigenvalue weighted by atomic mass is 10.2. The first kappa shape index (κ1) is 15.8. The van der Waals surface area contributed by atoms with Gasteiger partial charge < -0.3 is 5.32 Å². The van der Waals surface area contributed by atoms with Crippen LogP contribution in [-0.4, -0.2) is 26.8 Å². The molecule has 0 aromatic heterocycles. The van der Waals surface area contributed by atoms with Crippen LogP contribution in [0.2, 0.25) is 5.02 Å². The van der Waals surface area contributed by atoms with Crippen LogP contribution < -0.4 is 5.32 Å². The molecule has 0 aliphatic heterocycles. The van der Waals surface area contributed by atoms with E-state index in [2.05, 4.69) is 12.2 Å². The van der Waals surface area contributed by atoms with E-state index in [1.54, 1.807) is 24.3 Å². The van der Waals surface area contributed by atoms with Gasteiger partial charge in [0.05, 0.1) is 11.5 Å². The molecule has 20 heavy (non-hydrogen) atoms. The van der Waals surface area contributed by atoms with E-state index in [0.717, 1.165) is 31.4 Å². The van der Waals surface area contributed by atoms with Crippen molar-refractivity contribution in [3.05, 3.63) is 34.9 Å². The molecule has 1 aliphatic rings.